The summed E-state index contributed by atoms with van der Waals surface area (Å²) in [5.74, 6) is 0.870. The Morgan fingerprint density at radius 1 is 0.778 bits per heavy atom. The molecule has 0 saturated heterocycles. The van der Waals surface area contributed by atoms with E-state index < -0.39 is 17.4 Å². The van der Waals surface area contributed by atoms with Crippen LogP contribution in [0.2, 0.25) is 0 Å². The molecule has 0 fully saturated rings. The van der Waals surface area contributed by atoms with Gasteiger partial charge in [-0.2, -0.15) is 0 Å². The molecule has 0 heterocycles. The molecule has 0 aliphatic heterocycles. The van der Waals surface area contributed by atoms with E-state index in [-0.39, 0.29) is 24.5 Å². The molecule has 0 aromatic heterocycles. The highest BCUT2D eigenvalue weighted by Gasteiger charge is 2.31. The van der Waals surface area contributed by atoms with E-state index in [0.29, 0.717) is 36.0 Å². The molecule has 2 aromatic carbocycles. The second-order valence-corrected chi connectivity index (χ2v) is 8.72. The fourth-order valence-electron chi connectivity index (χ4n) is 3.41. The van der Waals surface area contributed by atoms with Crippen LogP contribution in [0.4, 0.5) is 0 Å². The van der Waals surface area contributed by atoms with Crippen LogP contribution in [-0.2, 0) is 19.7 Å². The molecular weight excluding hydrogens is 460 g/mol. The van der Waals surface area contributed by atoms with E-state index in [0.717, 1.165) is 11.1 Å². The molecule has 2 rings (SSSR count). The SMILES string of the molecule is C=C(C)C(=O)OCCOc1ccc(C(C)(C)c2ccc(OC(=O)C(=C)C)c(OCC)c2OCC)cc1. The second-order valence-electron chi connectivity index (χ2n) is 8.72. The first kappa shape index (κ1) is 28.5. The van der Waals surface area contributed by atoms with Crippen LogP contribution in [0.15, 0.2) is 60.7 Å². The molecule has 36 heavy (non-hydrogen) atoms. The van der Waals surface area contributed by atoms with Crippen molar-refractivity contribution in [3.63, 3.8) is 0 Å². The van der Waals surface area contributed by atoms with Gasteiger partial charge in [-0.1, -0.05) is 45.2 Å². The first-order valence-electron chi connectivity index (χ1n) is 11.9. The summed E-state index contributed by atoms with van der Waals surface area (Å²) in [4.78, 5) is 23.6. The summed E-state index contributed by atoms with van der Waals surface area (Å²) >= 11 is 0. The van der Waals surface area contributed by atoms with Crippen molar-refractivity contribution in [3.8, 4) is 23.0 Å². The van der Waals surface area contributed by atoms with Crippen molar-refractivity contribution >= 4 is 11.9 Å². The second kappa shape index (κ2) is 12.8. The van der Waals surface area contributed by atoms with Gasteiger partial charge in [0, 0.05) is 22.1 Å². The molecule has 0 atom stereocenters. The summed E-state index contributed by atoms with van der Waals surface area (Å²) in [6, 6.07) is 11.3. The van der Waals surface area contributed by atoms with Gasteiger partial charge in [0.25, 0.3) is 0 Å². The van der Waals surface area contributed by atoms with E-state index >= 15 is 0 Å². The van der Waals surface area contributed by atoms with Crippen LogP contribution >= 0.6 is 0 Å². The number of ether oxygens (including phenoxy) is 5. The van der Waals surface area contributed by atoms with E-state index in [1.54, 1.807) is 19.9 Å². The molecule has 7 heteroatoms. The van der Waals surface area contributed by atoms with Crippen LogP contribution in [0.25, 0.3) is 0 Å². The monoisotopic (exact) mass is 496 g/mol. The van der Waals surface area contributed by atoms with Crippen molar-refractivity contribution < 1.29 is 33.3 Å². The fourth-order valence-corrected chi connectivity index (χ4v) is 3.41. The van der Waals surface area contributed by atoms with Crippen molar-refractivity contribution in [2.24, 2.45) is 0 Å². The first-order chi connectivity index (χ1) is 17.0. The van der Waals surface area contributed by atoms with Crippen molar-refractivity contribution in [2.75, 3.05) is 26.4 Å². The molecule has 0 aliphatic carbocycles. The molecule has 0 bridgehead atoms. The molecule has 0 amide bonds. The molecule has 194 valence electrons. The maximum Gasteiger partial charge on any atom is 0.338 e. The average Bonchev–Trinajstić information content (AvgIpc) is 2.83. The summed E-state index contributed by atoms with van der Waals surface area (Å²) < 4.78 is 28.2. The van der Waals surface area contributed by atoms with Crippen LogP contribution in [-0.4, -0.2) is 38.4 Å². The van der Waals surface area contributed by atoms with Gasteiger partial charge >= 0.3 is 11.9 Å². The van der Waals surface area contributed by atoms with Crippen molar-refractivity contribution in [1.29, 1.82) is 0 Å². The molecule has 0 unspecified atom stereocenters. The van der Waals surface area contributed by atoms with Crippen LogP contribution in [0, 0.1) is 0 Å². The minimum Gasteiger partial charge on any atom is -0.490 e. The molecule has 0 saturated carbocycles. The molecular formula is C29H36O7. The Morgan fingerprint density at radius 2 is 1.36 bits per heavy atom. The maximum absolute atomic E-state index is 12.2. The summed E-state index contributed by atoms with van der Waals surface area (Å²) in [7, 11) is 0. The number of carbonyl (C=O) groups is 2. The van der Waals surface area contributed by atoms with Gasteiger partial charge in [0.05, 0.1) is 13.2 Å². The Kier molecular flexibility index (Phi) is 10.1. The van der Waals surface area contributed by atoms with Crippen molar-refractivity contribution in [3.05, 3.63) is 71.8 Å². The molecule has 7 nitrogen and oxygen atoms in total. The zero-order valence-electron chi connectivity index (χ0n) is 22.1. The highest BCUT2D eigenvalue weighted by atomic mass is 16.6. The van der Waals surface area contributed by atoms with Gasteiger partial charge in [-0.05, 0) is 51.5 Å². The van der Waals surface area contributed by atoms with Gasteiger partial charge in [-0.15, -0.1) is 0 Å². The Labute approximate surface area is 213 Å². The predicted molar refractivity (Wildman–Crippen MR) is 139 cm³/mol. The smallest absolute Gasteiger partial charge is 0.338 e. The third-order valence-electron chi connectivity index (χ3n) is 5.39. The van der Waals surface area contributed by atoms with E-state index in [1.807, 2.05) is 44.2 Å². The lowest BCUT2D eigenvalue weighted by molar-refractivity contribution is -0.139. The number of carbonyl (C=O) groups excluding carboxylic acids is 2. The number of esters is 2. The lowest BCUT2D eigenvalue weighted by Crippen LogP contribution is -2.21. The highest BCUT2D eigenvalue weighted by molar-refractivity contribution is 5.89. The lowest BCUT2D eigenvalue weighted by Gasteiger charge is -2.30. The van der Waals surface area contributed by atoms with Gasteiger partial charge in [0.2, 0.25) is 5.75 Å². The zero-order chi connectivity index (χ0) is 26.9. The van der Waals surface area contributed by atoms with Gasteiger partial charge in [0.15, 0.2) is 11.5 Å². The van der Waals surface area contributed by atoms with Crippen LogP contribution in [0.3, 0.4) is 0 Å². The minimum atomic E-state index is -0.532. The summed E-state index contributed by atoms with van der Waals surface area (Å²) in [6.45, 7) is 19.4. The summed E-state index contributed by atoms with van der Waals surface area (Å²) in [6.07, 6.45) is 0. The van der Waals surface area contributed by atoms with Crippen LogP contribution in [0.1, 0.15) is 52.7 Å². The van der Waals surface area contributed by atoms with E-state index in [1.165, 1.54) is 0 Å². The highest BCUT2D eigenvalue weighted by Crippen LogP contribution is 2.47. The van der Waals surface area contributed by atoms with Crippen LogP contribution in [0.5, 0.6) is 23.0 Å². The number of rotatable bonds is 13. The molecule has 0 aliphatic rings. The quantitative estimate of drug-likeness (QED) is 0.150. The number of benzene rings is 2. The van der Waals surface area contributed by atoms with Crippen molar-refractivity contribution in [2.45, 2.75) is 47.0 Å². The normalized spacial score (nSPS) is 10.8. The van der Waals surface area contributed by atoms with Gasteiger partial charge in [0.1, 0.15) is 19.0 Å². The summed E-state index contributed by atoms with van der Waals surface area (Å²) in [5, 5.41) is 0. The minimum absolute atomic E-state index is 0.138. The molecule has 0 spiro atoms. The van der Waals surface area contributed by atoms with Crippen LogP contribution < -0.4 is 18.9 Å². The van der Waals surface area contributed by atoms with E-state index in [4.69, 9.17) is 23.7 Å². The average molecular weight is 497 g/mol. The number of hydrogen-bond donors (Lipinski definition) is 0. The lowest BCUT2D eigenvalue weighted by atomic mass is 9.77. The van der Waals surface area contributed by atoms with E-state index in [9.17, 15) is 9.59 Å². The molecule has 0 N–H and O–H groups in total. The predicted octanol–water partition coefficient (Wildman–Crippen LogP) is 5.79. The zero-order valence-corrected chi connectivity index (χ0v) is 22.1. The Bertz CT molecular complexity index is 1100. The standard InChI is InChI=1S/C29H36O7/c1-9-32-25-23(15-16-24(26(25)33-10-2)36-28(31)20(5)6)29(7,8)21-11-13-22(14-12-21)34-17-18-35-27(30)19(3)4/h11-16H,3,5,9-10,17-18H2,1-2,4,6-8H3. The third kappa shape index (κ3) is 7.13. The molecule has 2 aromatic rings. The van der Waals surface area contributed by atoms with Gasteiger partial charge in [-0.3, -0.25) is 0 Å². The van der Waals surface area contributed by atoms with E-state index in [2.05, 4.69) is 27.0 Å². The Balaban J connectivity index is 2.32. The third-order valence-corrected chi connectivity index (χ3v) is 5.39. The summed E-state index contributed by atoms with van der Waals surface area (Å²) in [5.41, 5.74) is 2.04. The van der Waals surface area contributed by atoms with Gasteiger partial charge < -0.3 is 23.7 Å². The fraction of sp³-hybridized carbons (Fsp3) is 0.379. The number of hydrogen-bond acceptors (Lipinski definition) is 7. The topological polar surface area (TPSA) is 80.3 Å². The molecule has 0 radical (unpaired) electrons. The Morgan fingerprint density at radius 3 is 1.92 bits per heavy atom. The Hall–Kier alpha value is -3.74. The maximum atomic E-state index is 12.2. The van der Waals surface area contributed by atoms with Gasteiger partial charge in [-0.25, -0.2) is 9.59 Å². The largest absolute Gasteiger partial charge is 0.490 e. The first-order valence-corrected chi connectivity index (χ1v) is 11.9. The van der Waals surface area contributed by atoms with Crippen molar-refractivity contribution in [1.82, 2.24) is 0 Å².